The van der Waals surface area contributed by atoms with Gasteiger partial charge in [0.15, 0.2) is 5.60 Å². The lowest BCUT2D eigenvalue weighted by Gasteiger charge is -2.35. The van der Waals surface area contributed by atoms with Crippen molar-refractivity contribution >= 4 is 12.1 Å². The molecule has 0 radical (unpaired) electrons. The number of hydrogen-bond donors (Lipinski definition) is 2. The molecule has 1 spiro atoms. The fourth-order valence-corrected chi connectivity index (χ4v) is 1.38. The summed E-state index contributed by atoms with van der Waals surface area (Å²) >= 11 is 0. The second-order valence-corrected chi connectivity index (χ2v) is 3.81. The highest BCUT2D eigenvalue weighted by Gasteiger charge is 2.48. The number of alkyl halides is 3. The number of nitrogens with one attached hydrogen (secondary N) is 1. The number of ether oxygens (including phenoxy) is 1. The lowest BCUT2D eigenvalue weighted by atomic mass is 9.98. The first-order chi connectivity index (χ1) is 7.66. The predicted molar refractivity (Wildman–Crippen MR) is 48.4 cm³/mol. The molecule has 0 aromatic carbocycles. The van der Waals surface area contributed by atoms with Crippen LogP contribution in [0.5, 0.6) is 0 Å². The van der Waals surface area contributed by atoms with Crippen LogP contribution in [-0.2, 0) is 9.53 Å². The van der Waals surface area contributed by atoms with Crippen LogP contribution in [0.3, 0.4) is 0 Å². The number of amides is 1. The van der Waals surface area contributed by atoms with Gasteiger partial charge in [0, 0.05) is 20.1 Å². The molecule has 0 bridgehead atoms. The Balaban J connectivity index is 0.000000185. The number of halogens is 3. The summed E-state index contributed by atoms with van der Waals surface area (Å²) in [4.78, 5) is 21.4. The quantitative estimate of drug-likeness (QED) is 0.640. The van der Waals surface area contributed by atoms with Crippen LogP contribution in [0.1, 0.15) is 0 Å². The number of hydrogen-bond acceptors (Lipinski definition) is 4. The van der Waals surface area contributed by atoms with Crippen LogP contribution in [0.15, 0.2) is 0 Å². The summed E-state index contributed by atoms with van der Waals surface area (Å²) in [6.07, 6.45) is -5.28. The van der Waals surface area contributed by atoms with Gasteiger partial charge < -0.3 is 20.1 Å². The Hall–Kier alpha value is -1.51. The molecule has 6 nitrogen and oxygen atoms in total. The van der Waals surface area contributed by atoms with Crippen molar-refractivity contribution in [3.8, 4) is 0 Å². The van der Waals surface area contributed by atoms with E-state index in [0.29, 0.717) is 0 Å². The minimum Gasteiger partial charge on any atom is -0.475 e. The lowest BCUT2D eigenvalue weighted by molar-refractivity contribution is -0.192. The highest BCUT2D eigenvalue weighted by molar-refractivity contribution is 5.73. The van der Waals surface area contributed by atoms with Gasteiger partial charge in [-0.15, -0.1) is 0 Å². The molecule has 0 aromatic rings. The number of carbonyl (C=O) groups excluding carboxylic acids is 1. The minimum absolute atomic E-state index is 0.175. The van der Waals surface area contributed by atoms with Crippen LogP contribution in [0.2, 0.25) is 0 Å². The topological polar surface area (TPSA) is 78.9 Å². The first-order valence-electron chi connectivity index (χ1n) is 4.61. The highest BCUT2D eigenvalue weighted by Crippen LogP contribution is 2.24. The molecule has 2 saturated heterocycles. The third kappa shape index (κ3) is 3.22. The molecule has 2 rings (SSSR count). The largest absolute Gasteiger partial charge is 0.490 e. The summed E-state index contributed by atoms with van der Waals surface area (Å²) < 4.78 is 36.9. The van der Waals surface area contributed by atoms with Crippen molar-refractivity contribution in [2.75, 3.05) is 26.7 Å². The van der Waals surface area contributed by atoms with Crippen molar-refractivity contribution in [1.29, 1.82) is 0 Å². The molecule has 0 aromatic heterocycles. The third-order valence-corrected chi connectivity index (χ3v) is 2.28. The number of carbonyl (C=O) groups is 2. The Bertz CT molecular complexity index is 327. The summed E-state index contributed by atoms with van der Waals surface area (Å²) in [5.41, 5.74) is -0.175. The Morgan fingerprint density at radius 3 is 2.12 bits per heavy atom. The van der Waals surface area contributed by atoms with Crippen LogP contribution in [0.4, 0.5) is 18.0 Å². The normalized spacial score (nSPS) is 21.4. The zero-order chi connectivity index (χ0) is 13.3. The van der Waals surface area contributed by atoms with Gasteiger partial charge in [-0.1, -0.05) is 0 Å². The molecular formula is C8H11F3N2O4. The van der Waals surface area contributed by atoms with E-state index in [0.717, 1.165) is 19.6 Å². The molecule has 2 N–H and O–H groups in total. The number of likely N-dealkylation sites (N-methyl/N-ethyl adjacent to an activating group) is 1. The Kier molecular flexibility index (Phi) is 3.51. The van der Waals surface area contributed by atoms with E-state index in [4.69, 9.17) is 14.6 Å². The molecule has 0 atom stereocenters. The van der Waals surface area contributed by atoms with E-state index in [1.807, 2.05) is 0 Å². The Morgan fingerprint density at radius 1 is 1.53 bits per heavy atom. The minimum atomic E-state index is -5.08. The van der Waals surface area contributed by atoms with E-state index in [1.54, 1.807) is 11.9 Å². The summed E-state index contributed by atoms with van der Waals surface area (Å²) in [5, 5.41) is 10.2. The molecule has 2 fully saturated rings. The molecule has 0 saturated carbocycles. The van der Waals surface area contributed by atoms with Crippen molar-refractivity contribution in [2.45, 2.75) is 11.8 Å². The number of carboxylic acid groups (broad SMARTS) is 1. The molecule has 2 heterocycles. The molecular weight excluding hydrogens is 245 g/mol. The van der Waals surface area contributed by atoms with Crippen molar-refractivity contribution < 1.29 is 32.6 Å². The smallest absolute Gasteiger partial charge is 0.475 e. The van der Waals surface area contributed by atoms with Crippen LogP contribution < -0.4 is 5.32 Å². The van der Waals surface area contributed by atoms with Crippen LogP contribution >= 0.6 is 0 Å². The zero-order valence-electron chi connectivity index (χ0n) is 8.87. The maximum atomic E-state index is 10.9. The first kappa shape index (κ1) is 13.6. The lowest BCUT2D eigenvalue weighted by Crippen LogP contribution is -2.61. The van der Waals surface area contributed by atoms with Gasteiger partial charge in [-0.05, 0) is 0 Å². The maximum absolute atomic E-state index is 10.9. The van der Waals surface area contributed by atoms with Gasteiger partial charge in [0.1, 0.15) is 0 Å². The summed E-state index contributed by atoms with van der Waals surface area (Å²) in [6, 6.07) is 0. The van der Waals surface area contributed by atoms with Gasteiger partial charge in [0.05, 0.1) is 6.54 Å². The van der Waals surface area contributed by atoms with Gasteiger partial charge in [-0.3, -0.25) is 0 Å². The van der Waals surface area contributed by atoms with Gasteiger partial charge in [-0.2, -0.15) is 13.2 Å². The van der Waals surface area contributed by atoms with Crippen molar-refractivity contribution in [1.82, 2.24) is 10.2 Å². The molecule has 2 aliphatic rings. The maximum Gasteiger partial charge on any atom is 0.490 e. The second kappa shape index (κ2) is 4.40. The predicted octanol–water partition coefficient (Wildman–Crippen LogP) is 0.0437. The molecule has 0 unspecified atom stereocenters. The summed E-state index contributed by atoms with van der Waals surface area (Å²) in [5.74, 6) is -2.76. The van der Waals surface area contributed by atoms with Crippen LogP contribution in [-0.4, -0.2) is 60.5 Å². The number of carboxylic acids is 1. The zero-order valence-corrected chi connectivity index (χ0v) is 8.87. The van der Waals surface area contributed by atoms with Crippen LogP contribution in [0.25, 0.3) is 0 Å². The molecule has 1 amide bonds. The van der Waals surface area contributed by atoms with E-state index in [2.05, 4.69) is 5.32 Å². The molecule has 17 heavy (non-hydrogen) atoms. The fraction of sp³-hybridized carbons (Fsp3) is 0.750. The molecule has 9 heteroatoms. The molecule has 98 valence electrons. The number of rotatable bonds is 0. The highest BCUT2D eigenvalue weighted by atomic mass is 19.4. The number of nitrogens with zero attached hydrogens (tertiary/aromatic N) is 1. The first-order valence-corrected chi connectivity index (χ1v) is 4.61. The van der Waals surface area contributed by atoms with E-state index in [-0.39, 0.29) is 11.7 Å². The summed E-state index contributed by atoms with van der Waals surface area (Å²) in [6.45, 7) is 2.35. The Labute approximate surface area is 94.3 Å². The second-order valence-electron chi connectivity index (χ2n) is 3.81. The van der Waals surface area contributed by atoms with Gasteiger partial charge in [0.25, 0.3) is 0 Å². The third-order valence-electron chi connectivity index (χ3n) is 2.28. The van der Waals surface area contributed by atoms with Gasteiger partial charge in [0.2, 0.25) is 0 Å². The van der Waals surface area contributed by atoms with E-state index in [9.17, 15) is 18.0 Å². The van der Waals surface area contributed by atoms with Crippen molar-refractivity contribution in [2.24, 2.45) is 0 Å². The SMILES string of the molecule is CN1CC2(CNC2)OC1=O.O=C(O)C(F)(F)F. The van der Waals surface area contributed by atoms with Crippen molar-refractivity contribution in [3.63, 3.8) is 0 Å². The van der Waals surface area contributed by atoms with E-state index < -0.39 is 12.1 Å². The van der Waals surface area contributed by atoms with Crippen molar-refractivity contribution in [3.05, 3.63) is 0 Å². The standard InChI is InChI=1S/C6H10N2O2.C2HF3O2/c1-8-4-6(2-7-3-6)10-5(8)9;3-2(4,5)1(6)7/h7H,2-4H2,1H3;(H,6,7). The average Bonchev–Trinajstić information content (AvgIpc) is 2.42. The Morgan fingerprint density at radius 2 is 2.00 bits per heavy atom. The van der Waals surface area contributed by atoms with E-state index in [1.165, 1.54) is 0 Å². The van der Waals surface area contributed by atoms with Gasteiger partial charge >= 0.3 is 18.2 Å². The fourth-order valence-electron chi connectivity index (χ4n) is 1.38. The monoisotopic (exact) mass is 256 g/mol. The number of aliphatic carboxylic acids is 1. The van der Waals surface area contributed by atoms with E-state index >= 15 is 0 Å². The average molecular weight is 256 g/mol. The molecule has 0 aliphatic carbocycles. The molecule has 2 aliphatic heterocycles. The van der Waals surface area contributed by atoms with Gasteiger partial charge in [-0.25, -0.2) is 9.59 Å². The van der Waals surface area contributed by atoms with Crippen LogP contribution in [0, 0.1) is 0 Å². The summed E-state index contributed by atoms with van der Waals surface area (Å²) in [7, 11) is 1.76.